The number of ether oxygens (including phenoxy) is 1. The van der Waals surface area contributed by atoms with Gasteiger partial charge in [0.2, 0.25) is 6.17 Å². The molecule has 2 heterocycles. The molecular weight excluding hydrogens is 354 g/mol. The number of rotatable bonds is 2. The van der Waals surface area contributed by atoms with Crippen molar-refractivity contribution < 1.29 is 14.3 Å². The van der Waals surface area contributed by atoms with Crippen molar-refractivity contribution in [2.75, 3.05) is 31.3 Å². The molecule has 1 aromatic carbocycles. The number of aldehydes is 1. The van der Waals surface area contributed by atoms with Gasteiger partial charge in [0.1, 0.15) is 0 Å². The van der Waals surface area contributed by atoms with E-state index in [1.54, 1.807) is 17.0 Å². The molecule has 116 valence electrons. The van der Waals surface area contributed by atoms with E-state index in [9.17, 15) is 9.59 Å². The van der Waals surface area contributed by atoms with Gasteiger partial charge in [0.05, 0.1) is 18.9 Å². The Hall–Kier alpha value is -2.00. The summed E-state index contributed by atoms with van der Waals surface area (Å²) in [5.74, 6) is 0. The molecule has 3 rings (SSSR count). The molecule has 0 bridgehead atoms. The number of morpholine rings is 1. The molecule has 2 amide bonds. The van der Waals surface area contributed by atoms with Gasteiger partial charge < -0.3 is 9.64 Å². The summed E-state index contributed by atoms with van der Waals surface area (Å²) in [6, 6.07) is 6.94. The van der Waals surface area contributed by atoms with Crippen LogP contribution in [-0.2, 0) is 9.53 Å². The highest BCUT2D eigenvalue weighted by molar-refractivity contribution is 9.10. The first-order valence-electron chi connectivity index (χ1n) is 6.78. The maximum absolute atomic E-state index is 12.5. The van der Waals surface area contributed by atoms with E-state index in [4.69, 9.17) is 4.74 Å². The molecule has 1 saturated heterocycles. The van der Waals surface area contributed by atoms with E-state index in [2.05, 4.69) is 26.4 Å². The number of hydrogen-bond acceptors (Lipinski definition) is 6. The van der Waals surface area contributed by atoms with Crippen LogP contribution in [0.3, 0.4) is 0 Å². The third-order valence-electron chi connectivity index (χ3n) is 3.41. The predicted molar refractivity (Wildman–Crippen MR) is 81.0 cm³/mol. The van der Waals surface area contributed by atoms with Gasteiger partial charge in [-0.25, -0.2) is 9.80 Å². The SMILES string of the molecule is O=CC1N(C(=O)N2CCOCC2)N=NN1c1cccc(Br)c1. The van der Waals surface area contributed by atoms with Crippen LogP contribution in [0.2, 0.25) is 0 Å². The van der Waals surface area contributed by atoms with Crippen molar-refractivity contribution in [3.8, 4) is 0 Å². The first-order chi connectivity index (χ1) is 10.7. The second kappa shape index (κ2) is 6.41. The Morgan fingerprint density at radius 3 is 2.77 bits per heavy atom. The Kier molecular flexibility index (Phi) is 4.34. The molecule has 0 saturated carbocycles. The van der Waals surface area contributed by atoms with Gasteiger partial charge >= 0.3 is 6.03 Å². The third-order valence-corrected chi connectivity index (χ3v) is 3.90. The molecule has 2 aliphatic heterocycles. The van der Waals surface area contributed by atoms with Crippen LogP contribution in [0, 0.1) is 0 Å². The fourth-order valence-electron chi connectivity index (χ4n) is 2.28. The van der Waals surface area contributed by atoms with E-state index < -0.39 is 6.17 Å². The topological polar surface area (TPSA) is 77.8 Å². The Labute approximate surface area is 135 Å². The summed E-state index contributed by atoms with van der Waals surface area (Å²) >= 11 is 3.37. The Balaban J connectivity index is 1.79. The summed E-state index contributed by atoms with van der Waals surface area (Å²) in [6.07, 6.45) is -0.233. The fraction of sp³-hybridized carbons (Fsp3) is 0.385. The third kappa shape index (κ3) is 2.81. The second-order valence-corrected chi connectivity index (χ2v) is 5.70. The molecule has 0 N–H and O–H groups in total. The lowest BCUT2D eigenvalue weighted by Crippen LogP contribution is -2.51. The monoisotopic (exact) mass is 367 g/mol. The van der Waals surface area contributed by atoms with Gasteiger partial charge in [-0.15, -0.1) is 0 Å². The lowest BCUT2D eigenvalue weighted by molar-refractivity contribution is -0.111. The number of carbonyl (C=O) groups is 2. The van der Waals surface area contributed by atoms with Crippen LogP contribution in [0.15, 0.2) is 39.2 Å². The Morgan fingerprint density at radius 2 is 2.09 bits per heavy atom. The molecule has 2 aliphatic rings. The van der Waals surface area contributed by atoms with E-state index in [1.807, 2.05) is 12.1 Å². The molecule has 0 aliphatic carbocycles. The minimum absolute atomic E-state index is 0.346. The Bertz CT molecular complexity index is 605. The molecule has 0 spiro atoms. The van der Waals surface area contributed by atoms with Gasteiger partial charge in [0.15, 0.2) is 6.29 Å². The van der Waals surface area contributed by atoms with Gasteiger partial charge in [-0.3, -0.25) is 4.79 Å². The minimum Gasteiger partial charge on any atom is -0.378 e. The van der Waals surface area contributed by atoms with Crippen molar-refractivity contribution in [2.24, 2.45) is 10.4 Å². The van der Waals surface area contributed by atoms with E-state index in [0.29, 0.717) is 38.3 Å². The predicted octanol–water partition coefficient (Wildman–Crippen LogP) is 1.83. The molecule has 0 radical (unpaired) electrons. The van der Waals surface area contributed by atoms with E-state index in [0.717, 1.165) is 9.48 Å². The highest BCUT2D eigenvalue weighted by atomic mass is 79.9. The maximum atomic E-state index is 12.5. The normalized spacial score (nSPS) is 21.3. The number of halogens is 1. The van der Waals surface area contributed by atoms with Crippen molar-refractivity contribution in [3.63, 3.8) is 0 Å². The molecule has 0 aromatic heterocycles. The number of anilines is 1. The molecule has 1 fully saturated rings. The number of nitrogens with zero attached hydrogens (tertiary/aromatic N) is 5. The molecular formula is C13H14BrN5O3. The largest absolute Gasteiger partial charge is 0.378 e. The maximum Gasteiger partial charge on any atom is 0.344 e. The fourth-order valence-corrected chi connectivity index (χ4v) is 2.67. The van der Waals surface area contributed by atoms with Crippen LogP contribution >= 0.6 is 15.9 Å². The van der Waals surface area contributed by atoms with Gasteiger partial charge in [-0.2, -0.15) is 5.01 Å². The molecule has 22 heavy (non-hydrogen) atoms. The summed E-state index contributed by atoms with van der Waals surface area (Å²) in [6.45, 7) is 1.93. The first kappa shape index (κ1) is 14.9. The standard InChI is InChI=1S/C13H14BrN5O3/c14-10-2-1-3-11(8-10)18-12(9-20)19(16-15-18)13(21)17-4-6-22-7-5-17/h1-3,8-9,12H,4-7H2. The number of amides is 2. The van der Waals surface area contributed by atoms with Crippen molar-refractivity contribution in [1.82, 2.24) is 9.91 Å². The van der Waals surface area contributed by atoms with Crippen molar-refractivity contribution in [2.45, 2.75) is 6.17 Å². The zero-order valence-corrected chi connectivity index (χ0v) is 13.2. The van der Waals surface area contributed by atoms with Crippen LogP contribution in [0.25, 0.3) is 0 Å². The highest BCUT2D eigenvalue weighted by Gasteiger charge is 2.37. The van der Waals surface area contributed by atoms with Gasteiger partial charge in [-0.1, -0.05) is 22.0 Å². The minimum atomic E-state index is -0.885. The summed E-state index contributed by atoms with van der Waals surface area (Å²) < 4.78 is 6.07. The molecule has 9 heteroatoms. The quantitative estimate of drug-likeness (QED) is 0.747. The van der Waals surface area contributed by atoms with Gasteiger partial charge in [0.25, 0.3) is 0 Å². The zero-order chi connectivity index (χ0) is 15.5. The number of carbonyl (C=O) groups excluding carboxylic acids is 2. The molecule has 8 nitrogen and oxygen atoms in total. The molecule has 1 atom stereocenters. The van der Waals surface area contributed by atoms with Gasteiger partial charge in [0, 0.05) is 17.6 Å². The second-order valence-electron chi connectivity index (χ2n) is 4.78. The van der Waals surface area contributed by atoms with Crippen LogP contribution in [-0.4, -0.2) is 54.7 Å². The van der Waals surface area contributed by atoms with Crippen LogP contribution in [0.1, 0.15) is 0 Å². The number of benzene rings is 1. The van der Waals surface area contributed by atoms with Crippen molar-refractivity contribution in [1.29, 1.82) is 0 Å². The first-order valence-corrected chi connectivity index (χ1v) is 7.57. The lowest BCUT2D eigenvalue weighted by atomic mass is 10.3. The molecule has 1 unspecified atom stereocenters. The summed E-state index contributed by atoms with van der Waals surface area (Å²) in [7, 11) is 0. The summed E-state index contributed by atoms with van der Waals surface area (Å²) in [5, 5.41) is 10.3. The highest BCUT2D eigenvalue weighted by Crippen LogP contribution is 2.27. The summed E-state index contributed by atoms with van der Waals surface area (Å²) in [5.41, 5.74) is 0.674. The number of urea groups is 1. The average Bonchev–Trinajstić information content (AvgIpc) is 2.99. The Morgan fingerprint density at radius 1 is 1.32 bits per heavy atom. The van der Waals surface area contributed by atoms with E-state index in [1.165, 1.54) is 5.01 Å². The van der Waals surface area contributed by atoms with Gasteiger partial charge in [-0.05, 0) is 28.6 Å². The van der Waals surface area contributed by atoms with Crippen molar-refractivity contribution >= 4 is 33.9 Å². The lowest BCUT2D eigenvalue weighted by Gasteiger charge is -2.30. The molecule has 1 aromatic rings. The number of hydrogen-bond donors (Lipinski definition) is 0. The average molecular weight is 368 g/mol. The summed E-state index contributed by atoms with van der Waals surface area (Å²) in [4.78, 5) is 25.5. The van der Waals surface area contributed by atoms with E-state index in [-0.39, 0.29) is 6.03 Å². The van der Waals surface area contributed by atoms with Crippen molar-refractivity contribution in [3.05, 3.63) is 28.7 Å². The smallest absolute Gasteiger partial charge is 0.344 e. The van der Waals surface area contributed by atoms with Crippen LogP contribution in [0.4, 0.5) is 10.5 Å². The zero-order valence-electron chi connectivity index (χ0n) is 11.6. The van der Waals surface area contributed by atoms with Crippen LogP contribution < -0.4 is 5.01 Å². The van der Waals surface area contributed by atoms with E-state index >= 15 is 0 Å². The van der Waals surface area contributed by atoms with Crippen LogP contribution in [0.5, 0.6) is 0 Å².